The summed E-state index contributed by atoms with van der Waals surface area (Å²) in [5, 5.41) is 3.89. The quantitative estimate of drug-likeness (QED) is 0.809. The van der Waals surface area contributed by atoms with Gasteiger partial charge in [0.05, 0.1) is 0 Å². The Hall–Kier alpha value is -0.820. The predicted octanol–water partition coefficient (Wildman–Crippen LogP) is 3.83. The topological polar surface area (TPSA) is 12.0 Å². The van der Waals surface area contributed by atoms with E-state index >= 15 is 0 Å². The number of hydrogen-bond donors (Lipinski definition) is 1. The molecule has 0 radical (unpaired) electrons. The summed E-state index contributed by atoms with van der Waals surface area (Å²) in [5.41, 5.74) is 2.86. The molecule has 3 unspecified atom stereocenters. The van der Waals surface area contributed by atoms with Crippen molar-refractivity contribution < 1.29 is 0 Å². The molecule has 0 bridgehead atoms. The van der Waals surface area contributed by atoms with Gasteiger partial charge >= 0.3 is 0 Å². The number of benzene rings is 1. The minimum atomic E-state index is 0.622. The molecule has 3 rings (SSSR count). The van der Waals surface area contributed by atoms with Gasteiger partial charge in [0.1, 0.15) is 0 Å². The van der Waals surface area contributed by atoms with Crippen LogP contribution < -0.4 is 5.32 Å². The van der Waals surface area contributed by atoms with Crippen LogP contribution in [-0.2, 0) is 0 Å². The Morgan fingerprint density at radius 2 is 1.94 bits per heavy atom. The minimum Gasteiger partial charge on any atom is -0.307 e. The summed E-state index contributed by atoms with van der Waals surface area (Å²) in [6.45, 7) is 4.47. The molecule has 0 aromatic heterocycles. The fourth-order valence-electron chi connectivity index (χ4n) is 2.84. The molecule has 3 atom stereocenters. The van der Waals surface area contributed by atoms with Crippen LogP contribution in [0.25, 0.3) is 0 Å². The Bertz CT molecular complexity index is 377. The van der Waals surface area contributed by atoms with Crippen LogP contribution in [0.2, 0.25) is 0 Å². The summed E-state index contributed by atoms with van der Waals surface area (Å²) in [6, 6.07) is 10.5. The fraction of sp³-hybridized carbons (Fsp3) is 0.625. The zero-order valence-corrected chi connectivity index (χ0v) is 10.9. The molecule has 1 aromatic rings. The molecule has 1 N–H and O–H groups in total. The Morgan fingerprint density at radius 1 is 1.24 bits per heavy atom. The van der Waals surface area contributed by atoms with E-state index in [0.717, 1.165) is 17.9 Å². The van der Waals surface area contributed by atoms with Crippen LogP contribution in [0, 0.1) is 18.8 Å². The van der Waals surface area contributed by atoms with Crippen molar-refractivity contribution in [3.63, 3.8) is 0 Å². The normalized spacial score (nSPS) is 29.1. The van der Waals surface area contributed by atoms with Crippen molar-refractivity contribution in [1.29, 1.82) is 0 Å². The van der Waals surface area contributed by atoms with E-state index in [1.54, 1.807) is 0 Å². The molecule has 1 nitrogen and oxygen atoms in total. The molecule has 0 amide bonds. The maximum atomic E-state index is 3.89. The fourth-order valence-corrected chi connectivity index (χ4v) is 2.84. The first kappa shape index (κ1) is 11.3. The molecular formula is C16H23N. The zero-order valence-electron chi connectivity index (χ0n) is 10.9. The highest BCUT2D eigenvalue weighted by Crippen LogP contribution is 2.44. The molecule has 17 heavy (non-hydrogen) atoms. The maximum absolute atomic E-state index is 3.89. The molecule has 1 heteroatoms. The van der Waals surface area contributed by atoms with Crippen molar-refractivity contribution in [2.45, 2.75) is 51.6 Å². The summed E-state index contributed by atoms with van der Waals surface area (Å²) in [4.78, 5) is 0. The molecule has 0 aliphatic heterocycles. The molecule has 92 valence electrons. The van der Waals surface area contributed by atoms with Gasteiger partial charge in [-0.05, 0) is 43.6 Å². The molecule has 1 aromatic carbocycles. The van der Waals surface area contributed by atoms with Gasteiger partial charge in [-0.1, -0.05) is 43.2 Å². The van der Waals surface area contributed by atoms with Gasteiger partial charge in [-0.3, -0.25) is 0 Å². The highest BCUT2D eigenvalue weighted by molar-refractivity contribution is 5.26. The summed E-state index contributed by atoms with van der Waals surface area (Å²) in [6.07, 6.45) is 5.55. The van der Waals surface area contributed by atoms with Crippen molar-refractivity contribution >= 4 is 0 Å². The summed E-state index contributed by atoms with van der Waals surface area (Å²) >= 11 is 0. The second-order valence-electron chi connectivity index (χ2n) is 5.90. The maximum Gasteiger partial charge on any atom is 0.0351 e. The lowest BCUT2D eigenvalue weighted by Crippen LogP contribution is -2.26. The SMILES string of the molecule is CCC1CC1NC(c1ccc(C)cc1)C1CC1. The van der Waals surface area contributed by atoms with Crippen molar-refractivity contribution in [2.75, 3.05) is 0 Å². The molecule has 0 heterocycles. The summed E-state index contributed by atoms with van der Waals surface area (Å²) < 4.78 is 0. The van der Waals surface area contributed by atoms with Crippen molar-refractivity contribution in [1.82, 2.24) is 5.32 Å². The Labute approximate surface area is 105 Å². The van der Waals surface area contributed by atoms with Crippen LogP contribution in [0.5, 0.6) is 0 Å². The van der Waals surface area contributed by atoms with Gasteiger partial charge in [0.15, 0.2) is 0 Å². The molecule has 2 aliphatic carbocycles. The van der Waals surface area contributed by atoms with E-state index in [2.05, 4.69) is 43.4 Å². The van der Waals surface area contributed by atoms with Crippen LogP contribution in [0.3, 0.4) is 0 Å². The van der Waals surface area contributed by atoms with E-state index in [4.69, 9.17) is 0 Å². The first-order chi connectivity index (χ1) is 8.28. The van der Waals surface area contributed by atoms with Crippen molar-refractivity contribution in [3.05, 3.63) is 35.4 Å². The van der Waals surface area contributed by atoms with E-state index in [9.17, 15) is 0 Å². The second kappa shape index (κ2) is 4.45. The minimum absolute atomic E-state index is 0.622. The highest BCUT2D eigenvalue weighted by Gasteiger charge is 2.40. The van der Waals surface area contributed by atoms with Crippen LogP contribution in [0.4, 0.5) is 0 Å². The molecule has 2 saturated carbocycles. The predicted molar refractivity (Wildman–Crippen MR) is 72.0 cm³/mol. The number of aryl methyl sites for hydroxylation is 1. The monoisotopic (exact) mass is 229 g/mol. The Morgan fingerprint density at radius 3 is 2.47 bits per heavy atom. The van der Waals surface area contributed by atoms with Gasteiger partial charge in [0.25, 0.3) is 0 Å². The van der Waals surface area contributed by atoms with Gasteiger partial charge < -0.3 is 5.32 Å². The second-order valence-corrected chi connectivity index (χ2v) is 5.90. The standard InChI is InChI=1S/C16H23N/c1-3-12-10-15(12)17-16(14-8-9-14)13-6-4-11(2)5-7-13/h4-7,12,14-17H,3,8-10H2,1-2H3. The number of rotatable bonds is 5. The highest BCUT2D eigenvalue weighted by atomic mass is 15.0. The van der Waals surface area contributed by atoms with Crippen LogP contribution in [-0.4, -0.2) is 6.04 Å². The number of hydrogen-bond acceptors (Lipinski definition) is 1. The average molecular weight is 229 g/mol. The average Bonchev–Trinajstić information content (AvgIpc) is 3.22. The molecule has 2 fully saturated rings. The van der Waals surface area contributed by atoms with Crippen LogP contribution >= 0.6 is 0 Å². The number of nitrogens with one attached hydrogen (secondary N) is 1. The zero-order chi connectivity index (χ0) is 11.8. The third kappa shape index (κ3) is 2.55. The lowest BCUT2D eigenvalue weighted by molar-refractivity contribution is 0.461. The largest absolute Gasteiger partial charge is 0.307 e. The molecule has 0 saturated heterocycles. The van der Waals surface area contributed by atoms with Gasteiger partial charge in [-0.2, -0.15) is 0 Å². The van der Waals surface area contributed by atoms with E-state index < -0.39 is 0 Å². The molecule has 2 aliphatic rings. The Kier molecular flexibility index (Phi) is 2.96. The van der Waals surface area contributed by atoms with E-state index in [1.165, 1.54) is 36.8 Å². The lowest BCUT2D eigenvalue weighted by atomic mass is 10.0. The molecular weight excluding hydrogens is 206 g/mol. The third-order valence-electron chi connectivity index (χ3n) is 4.37. The molecule has 0 spiro atoms. The van der Waals surface area contributed by atoms with Crippen LogP contribution in [0.15, 0.2) is 24.3 Å². The van der Waals surface area contributed by atoms with Gasteiger partial charge in [0.2, 0.25) is 0 Å². The lowest BCUT2D eigenvalue weighted by Gasteiger charge is -2.19. The first-order valence-electron chi connectivity index (χ1n) is 7.10. The van der Waals surface area contributed by atoms with E-state index in [-0.39, 0.29) is 0 Å². The van der Waals surface area contributed by atoms with Crippen LogP contribution in [0.1, 0.15) is 49.8 Å². The summed E-state index contributed by atoms with van der Waals surface area (Å²) in [7, 11) is 0. The van der Waals surface area contributed by atoms with E-state index in [1.807, 2.05) is 0 Å². The van der Waals surface area contributed by atoms with Gasteiger partial charge in [-0.25, -0.2) is 0 Å². The van der Waals surface area contributed by atoms with Gasteiger partial charge in [0, 0.05) is 12.1 Å². The summed E-state index contributed by atoms with van der Waals surface area (Å²) in [5.74, 6) is 1.84. The first-order valence-corrected chi connectivity index (χ1v) is 7.10. The van der Waals surface area contributed by atoms with Gasteiger partial charge in [-0.15, -0.1) is 0 Å². The smallest absolute Gasteiger partial charge is 0.0351 e. The Balaban J connectivity index is 1.69. The van der Waals surface area contributed by atoms with Crippen molar-refractivity contribution in [2.24, 2.45) is 11.8 Å². The van der Waals surface area contributed by atoms with Crippen molar-refractivity contribution in [3.8, 4) is 0 Å². The third-order valence-corrected chi connectivity index (χ3v) is 4.37. The van der Waals surface area contributed by atoms with E-state index in [0.29, 0.717) is 6.04 Å².